The van der Waals surface area contributed by atoms with Crippen molar-refractivity contribution in [1.29, 1.82) is 0 Å². The largest absolute Gasteiger partial charge is 0.366 e. The first-order valence-electron chi connectivity index (χ1n) is 6.66. The molecule has 0 aromatic carbocycles. The van der Waals surface area contributed by atoms with Crippen molar-refractivity contribution in [2.45, 2.75) is 46.1 Å². The lowest BCUT2D eigenvalue weighted by atomic mass is 9.95. The maximum Gasteiger partial charge on any atom is 0.133 e. The summed E-state index contributed by atoms with van der Waals surface area (Å²) in [4.78, 5) is 11.5. The van der Waals surface area contributed by atoms with Crippen molar-refractivity contribution in [2.75, 3.05) is 19.9 Å². The zero-order valence-corrected chi connectivity index (χ0v) is 11.9. The Balaban J connectivity index is 2.14. The molecule has 2 heterocycles. The number of ether oxygens (including phenoxy) is 1. The van der Waals surface area contributed by atoms with Crippen LogP contribution in [-0.2, 0) is 23.1 Å². The van der Waals surface area contributed by atoms with Gasteiger partial charge in [0.05, 0.1) is 12.4 Å². The van der Waals surface area contributed by atoms with E-state index in [-0.39, 0.29) is 5.41 Å². The fourth-order valence-electron chi connectivity index (χ4n) is 2.05. The maximum atomic E-state index is 5.47. The van der Waals surface area contributed by atoms with E-state index in [9.17, 15) is 0 Å². The second-order valence-corrected chi connectivity index (χ2v) is 5.84. The zero-order valence-electron chi connectivity index (χ0n) is 11.9. The van der Waals surface area contributed by atoms with Crippen LogP contribution < -0.4 is 0 Å². The molecule has 0 saturated heterocycles. The van der Waals surface area contributed by atoms with Crippen molar-refractivity contribution in [3.8, 4) is 0 Å². The second kappa shape index (κ2) is 5.33. The van der Waals surface area contributed by atoms with Gasteiger partial charge >= 0.3 is 0 Å². The van der Waals surface area contributed by atoms with Crippen LogP contribution >= 0.6 is 0 Å². The highest BCUT2D eigenvalue weighted by atomic mass is 16.5. The summed E-state index contributed by atoms with van der Waals surface area (Å²) in [6.45, 7) is 11.8. The van der Waals surface area contributed by atoms with E-state index in [1.54, 1.807) is 0 Å². The van der Waals surface area contributed by atoms with Crippen LogP contribution in [0.5, 0.6) is 0 Å². The van der Waals surface area contributed by atoms with Crippen molar-refractivity contribution in [3.63, 3.8) is 0 Å². The Hall–Kier alpha value is -1.00. The Morgan fingerprint density at radius 3 is 2.83 bits per heavy atom. The molecule has 1 aromatic heterocycles. The summed E-state index contributed by atoms with van der Waals surface area (Å²) in [7, 11) is 0. The van der Waals surface area contributed by atoms with Gasteiger partial charge in [0.1, 0.15) is 5.82 Å². The van der Waals surface area contributed by atoms with Crippen LogP contribution in [-0.4, -0.2) is 34.8 Å². The first kappa shape index (κ1) is 13.4. The molecule has 0 fully saturated rings. The number of hydrogen-bond donors (Lipinski definition) is 0. The lowest BCUT2D eigenvalue weighted by molar-refractivity contribution is 0.0269. The van der Waals surface area contributed by atoms with Crippen LogP contribution in [0.4, 0.5) is 0 Å². The summed E-state index contributed by atoms with van der Waals surface area (Å²) in [5, 5.41) is 0. The minimum Gasteiger partial charge on any atom is -0.366 e. The quantitative estimate of drug-likeness (QED) is 0.822. The number of aromatic nitrogens is 2. The zero-order chi connectivity index (χ0) is 13.2. The third-order valence-electron chi connectivity index (χ3n) is 3.17. The molecule has 2 rings (SSSR count). The van der Waals surface area contributed by atoms with E-state index in [2.05, 4.69) is 30.7 Å². The SMILES string of the molecule is CCOCN1CCc2cnc(C(C)(C)C)nc2C1. The van der Waals surface area contributed by atoms with Gasteiger partial charge in [0.2, 0.25) is 0 Å². The molecule has 1 aromatic rings. The molecule has 0 spiro atoms. The van der Waals surface area contributed by atoms with E-state index in [1.165, 1.54) is 11.3 Å². The number of fused-ring (bicyclic) bond motifs is 1. The lowest BCUT2D eigenvalue weighted by Crippen LogP contribution is -2.34. The first-order chi connectivity index (χ1) is 8.50. The van der Waals surface area contributed by atoms with Gasteiger partial charge in [0.15, 0.2) is 0 Å². The van der Waals surface area contributed by atoms with E-state index < -0.39 is 0 Å². The molecular formula is C14H23N3O. The van der Waals surface area contributed by atoms with Gasteiger partial charge in [-0.2, -0.15) is 0 Å². The summed E-state index contributed by atoms with van der Waals surface area (Å²) in [6.07, 6.45) is 3.02. The van der Waals surface area contributed by atoms with Gasteiger partial charge in [0, 0.05) is 31.3 Å². The molecule has 0 unspecified atom stereocenters. The monoisotopic (exact) mass is 249 g/mol. The molecule has 0 saturated carbocycles. The normalized spacial score (nSPS) is 16.7. The van der Waals surface area contributed by atoms with Gasteiger partial charge in [-0.1, -0.05) is 20.8 Å². The van der Waals surface area contributed by atoms with Gasteiger partial charge in [-0.25, -0.2) is 9.97 Å². The molecule has 4 heteroatoms. The van der Waals surface area contributed by atoms with Crippen LogP contribution in [0.25, 0.3) is 0 Å². The smallest absolute Gasteiger partial charge is 0.133 e. The molecule has 100 valence electrons. The van der Waals surface area contributed by atoms with Crippen LogP contribution in [0.2, 0.25) is 0 Å². The van der Waals surface area contributed by atoms with E-state index in [0.29, 0.717) is 6.73 Å². The Labute approximate surface area is 109 Å². The van der Waals surface area contributed by atoms with Crippen molar-refractivity contribution in [2.24, 2.45) is 0 Å². The van der Waals surface area contributed by atoms with E-state index in [1.807, 2.05) is 13.1 Å². The fraction of sp³-hybridized carbons (Fsp3) is 0.714. The predicted octanol–water partition coefficient (Wildman–Crippen LogP) is 2.13. The van der Waals surface area contributed by atoms with Crippen molar-refractivity contribution in [1.82, 2.24) is 14.9 Å². The average Bonchev–Trinajstić information content (AvgIpc) is 2.34. The minimum atomic E-state index is 0.0111. The molecule has 18 heavy (non-hydrogen) atoms. The second-order valence-electron chi connectivity index (χ2n) is 5.84. The highest BCUT2D eigenvalue weighted by Gasteiger charge is 2.22. The van der Waals surface area contributed by atoms with Gasteiger partial charge in [-0.05, 0) is 18.9 Å². The molecule has 4 nitrogen and oxygen atoms in total. The standard InChI is InChI=1S/C14H23N3O/c1-5-18-10-17-7-6-11-8-15-13(14(2,3)4)16-12(11)9-17/h8H,5-7,9-10H2,1-4H3. The molecule has 1 aliphatic rings. The third-order valence-corrected chi connectivity index (χ3v) is 3.17. The fourth-order valence-corrected chi connectivity index (χ4v) is 2.05. The van der Waals surface area contributed by atoms with Crippen molar-refractivity contribution < 1.29 is 4.74 Å². The van der Waals surface area contributed by atoms with Crippen LogP contribution in [0.15, 0.2) is 6.20 Å². The molecule has 1 aliphatic heterocycles. The molecule has 0 N–H and O–H groups in total. The predicted molar refractivity (Wildman–Crippen MR) is 71.3 cm³/mol. The molecule has 0 radical (unpaired) electrons. The minimum absolute atomic E-state index is 0.0111. The summed E-state index contributed by atoms with van der Waals surface area (Å²) in [6, 6.07) is 0. The summed E-state index contributed by atoms with van der Waals surface area (Å²) in [5.41, 5.74) is 2.47. The summed E-state index contributed by atoms with van der Waals surface area (Å²) in [5.74, 6) is 0.930. The van der Waals surface area contributed by atoms with E-state index in [4.69, 9.17) is 9.72 Å². The van der Waals surface area contributed by atoms with Crippen molar-refractivity contribution >= 4 is 0 Å². The first-order valence-corrected chi connectivity index (χ1v) is 6.66. The molecular weight excluding hydrogens is 226 g/mol. The van der Waals surface area contributed by atoms with E-state index in [0.717, 1.165) is 31.9 Å². The molecule has 0 bridgehead atoms. The van der Waals surface area contributed by atoms with Crippen LogP contribution in [0, 0.1) is 0 Å². The third kappa shape index (κ3) is 3.06. The highest BCUT2D eigenvalue weighted by molar-refractivity contribution is 5.22. The lowest BCUT2D eigenvalue weighted by Gasteiger charge is -2.28. The Kier molecular flexibility index (Phi) is 3.97. The Bertz CT molecular complexity index is 412. The van der Waals surface area contributed by atoms with Gasteiger partial charge in [-0.15, -0.1) is 0 Å². The van der Waals surface area contributed by atoms with Crippen LogP contribution in [0.3, 0.4) is 0 Å². The maximum absolute atomic E-state index is 5.47. The number of nitrogens with zero attached hydrogens (tertiary/aromatic N) is 3. The van der Waals surface area contributed by atoms with Crippen LogP contribution in [0.1, 0.15) is 44.8 Å². The van der Waals surface area contributed by atoms with E-state index >= 15 is 0 Å². The highest BCUT2D eigenvalue weighted by Crippen LogP contribution is 2.22. The van der Waals surface area contributed by atoms with Gasteiger partial charge < -0.3 is 4.74 Å². The molecule has 0 amide bonds. The topological polar surface area (TPSA) is 38.2 Å². The summed E-state index contributed by atoms with van der Waals surface area (Å²) < 4.78 is 5.47. The number of rotatable bonds is 3. The van der Waals surface area contributed by atoms with Crippen molar-refractivity contribution in [3.05, 3.63) is 23.3 Å². The van der Waals surface area contributed by atoms with Gasteiger partial charge in [0.25, 0.3) is 0 Å². The number of hydrogen-bond acceptors (Lipinski definition) is 4. The van der Waals surface area contributed by atoms with Gasteiger partial charge in [-0.3, -0.25) is 4.90 Å². The molecule has 0 atom stereocenters. The Morgan fingerprint density at radius 1 is 1.39 bits per heavy atom. The molecule has 0 aliphatic carbocycles. The average molecular weight is 249 g/mol. The Morgan fingerprint density at radius 2 is 2.17 bits per heavy atom. The summed E-state index contributed by atoms with van der Waals surface area (Å²) >= 11 is 0.